The van der Waals surface area contributed by atoms with E-state index < -0.39 is 0 Å². The highest BCUT2D eigenvalue weighted by Gasteiger charge is 2.28. The van der Waals surface area contributed by atoms with Gasteiger partial charge in [0.1, 0.15) is 0 Å². The second-order valence-electron chi connectivity index (χ2n) is 4.79. The van der Waals surface area contributed by atoms with E-state index in [9.17, 15) is 9.59 Å². The first-order chi connectivity index (χ1) is 9.16. The van der Waals surface area contributed by atoms with Crippen molar-refractivity contribution < 1.29 is 4.79 Å². The fraction of sp³-hybridized carbons (Fsp3) is 0.286. The average Bonchev–Trinajstić information content (AvgIpc) is 2.95. The fourth-order valence-electron chi connectivity index (χ4n) is 2.56. The molecule has 1 aromatic carbocycles. The number of nitrogens with zero attached hydrogens (tertiary/aromatic N) is 1. The molecule has 0 aliphatic carbocycles. The molecular weight excluding hydrogens is 242 g/mol. The molecule has 0 radical (unpaired) electrons. The zero-order valence-electron chi connectivity index (χ0n) is 10.6. The van der Waals surface area contributed by atoms with Crippen LogP contribution in [0.3, 0.4) is 0 Å². The van der Waals surface area contributed by atoms with E-state index in [4.69, 9.17) is 0 Å². The van der Waals surface area contributed by atoms with Gasteiger partial charge in [-0.2, -0.15) is 0 Å². The summed E-state index contributed by atoms with van der Waals surface area (Å²) < 4.78 is 1.52. The Morgan fingerprint density at radius 1 is 1.21 bits per heavy atom. The number of rotatable bonds is 2. The molecule has 1 aliphatic rings. The van der Waals surface area contributed by atoms with Crippen molar-refractivity contribution in [1.29, 1.82) is 0 Å². The lowest BCUT2D eigenvalue weighted by molar-refractivity contribution is -0.119. The molecule has 2 N–H and O–H groups in total. The number of amides is 1. The Bertz CT molecular complexity index is 670. The predicted octanol–water partition coefficient (Wildman–Crippen LogP) is 1.43. The van der Waals surface area contributed by atoms with Gasteiger partial charge in [-0.3, -0.25) is 14.7 Å². The largest absolute Gasteiger partial charge is 0.349 e. The average molecular weight is 257 g/mol. The first-order valence-corrected chi connectivity index (χ1v) is 6.33. The van der Waals surface area contributed by atoms with Crippen molar-refractivity contribution in [1.82, 2.24) is 15.1 Å². The van der Waals surface area contributed by atoms with Crippen LogP contribution in [0.15, 0.2) is 35.1 Å². The van der Waals surface area contributed by atoms with Crippen LogP contribution in [-0.4, -0.2) is 15.7 Å². The standard InChI is InChI=1S/C14H15N3O2/c1-9-13(11-7-8-12(18)15-11)14(19)17(16-9)10-5-3-2-4-6-10/h2-6,11,16H,7-8H2,1H3,(H,15,18). The molecule has 1 amide bonds. The second kappa shape index (κ2) is 4.42. The summed E-state index contributed by atoms with van der Waals surface area (Å²) in [7, 11) is 0. The maximum atomic E-state index is 12.5. The van der Waals surface area contributed by atoms with E-state index in [-0.39, 0.29) is 17.5 Å². The van der Waals surface area contributed by atoms with Crippen LogP contribution in [0.5, 0.6) is 0 Å². The van der Waals surface area contributed by atoms with Crippen LogP contribution in [-0.2, 0) is 4.79 Å². The lowest BCUT2D eigenvalue weighted by Crippen LogP contribution is -2.25. The molecule has 2 aromatic rings. The van der Waals surface area contributed by atoms with E-state index >= 15 is 0 Å². The van der Waals surface area contributed by atoms with Gasteiger partial charge >= 0.3 is 0 Å². The molecule has 98 valence electrons. The van der Waals surface area contributed by atoms with Gasteiger partial charge < -0.3 is 5.32 Å². The van der Waals surface area contributed by atoms with Crippen molar-refractivity contribution in [3.63, 3.8) is 0 Å². The lowest BCUT2D eigenvalue weighted by atomic mass is 10.1. The number of hydrogen-bond donors (Lipinski definition) is 2. The number of nitrogens with one attached hydrogen (secondary N) is 2. The molecule has 1 aliphatic heterocycles. The summed E-state index contributed by atoms with van der Waals surface area (Å²) in [6.07, 6.45) is 1.17. The lowest BCUT2D eigenvalue weighted by Gasteiger charge is -2.06. The first kappa shape index (κ1) is 11.8. The van der Waals surface area contributed by atoms with Crippen molar-refractivity contribution in [2.45, 2.75) is 25.8 Å². The van der Waals surface area contributed by atoms with Crippen LogP contribution in [0, 0.1) is 6.92 Å². The summed E-state index contributed by atoms with van der Waals surface area (Å²) in [6.45, 7) is 1.86. The summed E-state index contributed by atoms with van der Waals surface area (Å²) in [5, 5.41) is 5.92. The van der Waals surface area contributed by atoms with E-state index in [1.165, 1.54) is 4.68 Å². The highest BCUT2D eigenvalue weighted by atomic mass is 16.2. The van der Waals surface area contributed by atoms with Crippen LogP contribution in [0.25, 0.3) is 5.69 Å². The van der Waals surface area contributed by atoms with Gasteiger partial charge in [-0.1, -0.05) is 18.2 Å². The van der Waals surface area contributed by atoms with Gasteiger partial charge in [0.15, 0.2) is 0 Å². The van der Waals surface area contributed by atoms with E-state index in [0.29, 0.717) is 18.4 Å². The van der Waals surface area contributed by atoms with Gasteiger partial charge in [0.05, 0.1) is 17.3 Å². The SMILES string of the molecule is Cc1[nH]n(-c2ccccc2)c(=O)c1C1CCC(=O)N1. The molecule has 5 heteroatoms. The molecule has 1 unspecified atom stereocenters. The van der Waals surface area contributed by atoms with E-state index in [1.54, 1.807) is 0 Å². The van der Waals surface area contributed by atoms with Crippen molar-refractivity contribution in [3.8, 4) is 5.69 Å². The number of aryl methyl sites for hydroxylation is 1. The highest BCUT2D eigenvalue weighted by molar-refractivity contribution is 5.78. The molecule has 0 spiro atoms. The van der Waals surface area contributed by atoms with Crippen LogP contribution in [0.1, 0.15) is 30.1 Å². The van der Waals surface area contributed by atoms with Crippen molar-refractivity contribution in [2.24, 2.45) is 0 Å². The molecule has 0 saturated carbocycles. The molecule has 1 fully saturated rings. The Hall–Kier alpha value is -2.30. The third-order valence-corrected chi connectivity index (χ3v) is 3.48. The third kappa shape index (κ3) is 1.97. The Balaban J connectivity index is 2.06. The summed E-state index contributed by atoms with van der Waals surface area (Å²) >= 11 is 0. The number of para-hydroxylation sites is 1. The molecule has 1 saturated heterocycles. The minimum absolute atomic E-state index is 0.0104. The van der Waals surface area contributed by atoms with E-state index in [2.05, 4.69) is 10.4 Å². The minimum atomic E-state index is -0.166. The van der Waals surface area contributed by atoms with E-state index in [1.807, 2.05) is 37.3 Å². The van der Waals surface area contributed by atoms with Crippen LogP contribution >= 0.6 is 0 Å². The number of aromatic amines is 1. The maximum absolute atomic E-state index is 12.5. The Labute approximate surface area is 110 Å². The number of carbonyl (C=O) groups is 1. The zero-order valence-corrected chi connectivity index (χ0v) is 10.6. The first-order valence-electron chi connectivity index (χ1n) is 6.33. The van der Waals surface area contributed by atoms with Gasteiger partial charge in [-0.15, -0.1) is 0 Å². The normalized spacial score (nSPS) is 18.6. The van der Waals surface area contributed by atoms with Crippen molar-refractivity contribution in [2.75, 3.05) is 0 Å². The summed E-state index contributed by atoms with van der Waals surface area (Å²) in [5.41, 5.74) is 2.18. The molecule has 0 bridgehead atoms. The summed E-state index contributed by atoms with van der Waals surface area (Å²) in [6, 6.07) is 9.25. The van der Waals surface area contributed by atoms with Gasteiger partial charge in [-0.25, -0.2) is 4.68 Å². The van der Waals surface area contributed by atoms with E-state index in [0.717, 1.165) is 11.4 Å². The summed E-state index contributed by atoms with van der Waals surface area (Å²) in [4.78, 5) is 23.8. The number of carbonyl (C=O) groups excluding carboxylic acids is 1. The minimum Gasteiger partial charge on any atom is -0.349 e. The van der Waals surface area contributed by atoms with Crippen LogP contribution in [0.4, 0.5) is 0 Å². The molecule has 1 aromatic heterocycles. The van der Waals surface area contributed by atoms with Crippen molar-refractivity contribution >= 4 is 5.91 Å². The number of H-pyrrole nitrogens is 1. The topological polar surface area (TPSA) is 66.9 Å². The molecule has 1 atom stereocenters. The molecular formula is C14H15N3O2. The Kier molecular flexibility index (Phi) is 2.74. The quantitative estimate of drug-likeness (QED) is 0.854. The molecule has 2 heterocycles. The second-order valence-corrected chi connectivity index (χ2v) is 4.79. The predicted molar refractivity (Wildman–Crippen MR) is 71.2 cm³/mol. The van der Waals surface area contributed by atoms with Gasteiger partial charge in [0, 0.05) is 12.1 Å². The fourth-order valence-corrected chi connectivity index (χ4v) is 2.56. The zero-order chi connectivity index (χ0) is 13.4. The monoisotopic (exact) mass is 257 g/mol. The molecule has 5 nitrogen and oxygen atoms in total. The van der Waals surface area contributed by atoms with Crippen LogP contribution < -0.4 is 10.9 Å². The summed E-state index contributed by atoms with van der Waals surface area (Å²) in [5.74, 6) is 0.0104. The maximum Gasteiger partial charge on any atom is 0.276 e. The van der Waals surface area contributed by atoms with Gasteiger partial charge in [0.25, 0.3) is 5.56 Å². The Morgan fingerprint density at radius 2 is 1.95 bits per heavy atom. The van der Waals surface area contributed by atoms with Gasteiger partial charge in [-0.05, 0) is 25.5 Å². The number of hydrogen-bond acceptors (Lipinski definition) is 2. The molecule has 19 heavy (non-hydrogen) atoms. The van der Waals surface area contributed by atoms with Crippen molar-refractivity contribution in [3.05, 3.63) is 51.9 Å². The third-order valence-electron chi connectivity index (χ3n) is 3.48. The number of aromatic nitrogens is 2. The smallest absolute Gasteiger partial charge is 0.276 e. The number of benzene rings is 1. The highest BCUT2D eigenvalue weighted by Crippen LogP contribution is 2.23. The van der Waals surface area contributed by atoms with Gasteiger partial charge in [0.2, 0.25) is 5.91 Å². The Morgan fingerprint density at radius 3 is 2.58 bits per heavy atom. The molecule has 3 rings (SSSR count). The van der Waals surface area contributed by atoms with Crippen LogP contribution in [0.2, 0.25) is 0 Å².